The van der Waals surface area contributed by atoms with Gasteiger partial charge in [-0.1, -0.05) is 11.6 Å². The maximum absolute atomic E-state index is 12.9. The third-order valence-corrected chi connectivity index (χ3v) is 6.93. The molecule has 142 valence electrons. The number of nitrogens with zero attached hydrogens (tertiary/aromatic N) is 3. The zero-order valence-corrected chi connectivity index (χ0v) is 16.3. The van der Waals surface area contributed by atoms with E-state index >= 15 is 0 Å². The highest BCUT2D eigenvalue weighted by Gasteiger charge is 2.30. The summed E-state index contributed by atoms with van der Waals surface area (Å²) in [6, 6.07) is 6.97. The topological polar surface area (TPSA) is 88.3 Å². The molecule has 0 amide bonds. The van der Waals surface area contributed by atoms with Gasteiger partial charge in [-0.2, -0.15) is 9.29 Å². The fourth-order valence-corrected chi connectivity index (χ4v) is 4.86. The van der Waals surface area contributed by atoms with Crippen molar-refractivity contribution < 1.29 is 12.9 Å². The van der Waals surface area contributed by atoms with Crippen molar-refractivity contribution in [3.8, 4) is 11.5 Å². The third kappa shape index (κ3) is 3.97. The fraction of sp³-hybridized carbons (Fsp3) is 0.556. The molecule has 0 saturated carbocycles. The van der Waals surface area contributed by atoms with E-state index in [2.05, 4.69) is 15.5 Å². The van der Waals surface area contributed by atoms with Crippen molar-refractivity contribution in [1.29, 1.82) is 0 Å². The van der Waals surface area contributed by atoms with Crippen molar-refractivity contribution >= 4 is 10.0 Å². The number of piperidine rings is 1. The molecule has 2 unspecified atom stereocenters. The lowest BCUT2D eigenvalue weighted by Crippen LogP contribution is -2.41. The quantitative estimate of drug-likeness (QED) is 0.831. The molecule has 1 aliphatic rings. The van der Waals surface area contributed by atoms with E-state index in [-0.39, 0.29) is 12.1 Å². The van der Waals surface area contributed by atoms with E-state index in [1.807, 2.05) is 20.9 Å². The molecule has 7 nitrogen and oxygen atoms in total. The highest BCUT2D eigenvalue weighted by molar-refractivity contribution is 7.89. The monoisotopic (exact) mass is 378 g/mol. The number of aromatic nitrogens is 2. The van der Waals surface area contributed by atoms with Crippen molar-refractivity contribution in [3.05, 3.63) is 30.1 Å². The highest BCUT2D eigenvalue weighted by Crippen LogP contribution is 2.27. The average molecular weight is 378 g/mol. The van der Waals surface area contributed by atoms with Crippen LogP contribution in [0, 0.1) is 0 Å². The molecule has 0 spiro atoms. The van der Waals surface area contributed by atoms with Crippen LogP contribution in [-0.2, 0) is 16.4 Å². The Labute approximate surface area is 154 Å². The number of rotatable bonds is 6. The second-order valence-electron chi connectivity index (χ2n) is 6.89. The summed E-state index contributed by atoms with van der Waals surface area (Å²) >= 11 is 0. The number of benzene rings is 1. The molecule has 3 rings (SSSR count). The molecule has 1 saturated heterocycles. The number of nitrogens with one attached hydrogen (secondary N) is 1. The second kappa shape index (κ2) is 7.85. The Morgan fingerprint density at radius 1 is 1.31 bits per heavy atom. The van der Waals surface area contributed by atoms with Gasteiger partial charge in [-0.15, -0.1) is 0 Å². The van der Waals surface area contributed by atoms with Crippen LogP contribution in [0.15, 0.2) is 33.7 Å². The highest BCUT2D eigenvalue weighted by atomic mass is 32.2. The first kappa shape index (κ1) is 19.0. The summed E-state index contributed by atoms with van der Waals surface area (Å²) in [4.78, 5) is 4.69. The van der Waals surface area contributed by atoms with E-state index in [0.717, 1.165) is 19.3 Å². The van der Waals surface area contributed by atoms with Crippen LogP contribution in [0.5, 0.6) is 0 Å². The Kier molecular flexibility index (Phi) is 5.74. The van der Waals surface area contributed by atoms with Crippen LogP contribution in [0.2, 0.25) is 0 Å². The van der Waals surface area contributed by atoms with Crippen molar-refractivity contribution in [3.63, 3.8) is 0 Å². The van der Waals surface area contributed by atoms with Gasteiger partial charge in [0, 0.05) is 30.6 Å². The van der Waals surface area contributed by atoms with Gasteiger partial charge in [0.25, 0.3) is 5.89 Å². The van der Waals surface area contributed by atoms with Gasteiger partial charge in [-0.3, -0.25) is 0 Å². The van der Waals surface area contributed by atoms with Crippen LogP contribution in [0.3, 0.4) is 0 Å². The average Bonchev–Trinajstić information content (AvgIpc) is 3.10. The lowest BCUT2D eigenvalue weighted by molar-refractivity contribution is 0.268. The molecule has 2 heterocycles. The van der Waals surface area contributed by atoms with Crippen LogP contribution in [-0.4, -0.2) is 48.5 Å². The minimum Gasteiger partial charge on any atom is -0.334 e. The van der Waals surface area contributed by atoms with Gasteiger partial charge in [-0.05, 0) is 58.0 Å². The van der Waals surface area contributed by atoms with E-state index < -0.39 is 10.0 Å². The van der Waals surface area contributed by atoms with Gasteiger partial charge >= 0.3 is 0 Å². The SMILES string of the molecule is CNC(C)Cc1noc(-c2ccc(S(=O)(=O)N3CCCCC3C)cc2)n1. The predicted octanol–water partition coefficient (Wildman–Crippen LogP) is 2.45. The first-order valence-corrected chi connectivity index (χ1v) is 10.5. The maximum atomic E-state index is 12.9. The lowest BCUT2D eigenvalue weighted by Gasteiger charge is -2.32. The summed E-state index contributed by atoms with van der Waals surface area (Å²) in [5.74, 6) is 1.03. The Balaban J connectivity index is 1.78. The minimum atomic E-state index is -3.47. The summed E-state index contributed by atoms with van der Waals surface area (Å²) in [6.07, 6.45) is 3.57. The summed E-state index contributed by atoms with van der Waals surface area (Å²) in [5, 5.41) is 7.11. The molecule has 1 fully saturated rings. The van der Waals surface area contributed by atoms with Crippen LogP contribution in [0.4, 0.5) is 0 Å². The zero-order valence-electron chi connectivity index (χ0n) is 15.5. The predicted molar refractivity (Wildman–Crippen MR) is 99.2 cm³/mol. The van der Waals surface area contributed by atoms with Crippen LogP contribution in [0.25, 0.3) is 11.5 Å². The zero-order chi connectivity index (χ0) is 18.7. The summed E-state index contributed by atoms with van der Waals surface area (Å²) in [7, 11) is -1.58. The van der Waals surface area contributed by atoms with E-state index in [0.29, 0.717) is 35.1 Å². The molecule has 1 N–H and O–H groups in total. The molecule has 1 aliphatic heterocycles. The van der Waals surface area contributed by atoms with Gasteiger partial charge in [0.2, 0.25) is 10.0 Å². The Bertz CT molecular complexity index is 832. The van der Waals surface area contributed by atoms with Crippen molar-refractivity contribution in [2.45, 2.75) is 56.5 Å². The molecule has 1 aromatic heterocycles. The van der Waals surface area contributed by atoms with Crippen molar-refractivity contribution in [2.75, 3.05) is 13.6 Å². The van der Waals surface area contributed by atoms with Gasteiger partial charge in [0.15, 0.2) is 5.82 Å². The van der Waals surface area contributed by atoms with E-state index in [1.54, 1.807) is 28.6 Å². The first-order chi connectivity index (χ1) is 12.4. The molecule has 26 heavy (non-hydrogen) atoms. The van der Waals surface area contributed by atoms with E-state index in [1.165, 1.54) is 0 Å². The number of hydrogen-bond acceptors (Lipinski definition) is 6. The Morgan fingerprint density at radius 2 is 2.04 bits per heavy atom. The number of likely N-dealkylation sites (N-methyl/N-ethyl adjacent to an activating group) is 1. The van der Waals surface area contributed by atoms with Gasteiger partial charge < -0.3 is 9.84 Å². The van der Waals surface area contributed by atoms with E-state index in [4.69, 9.17) is 4.52 Å². The van der Waals surface area contributed by atoms with Crippen LogP contribution < -0.4 is 5.32 Å². The van der Waals surface area contributed by atoms with Crippen LogP contribution >= 0.6 is 0 Å². The first-order valence-electron chi connectivity index (χ1n) is 9.04. The molecule has 0 radical (unpaired) electrons. The molecule has 0 bridgehead atoms. The summed E-state index contributed by atoms with van der Waals surface area (Å²) < 4.78 is 32.7. The molecule has 1 aromatic carbocycles. The summed E-state index contributed by atoms with van der Waals surface area (Å²) in [6.45, 7) is 4.59. The normalized spacial score (nSPS) is 20.2. The molecular weight excluding hydrogens is 352 g/mol. The minimum absolute atomic E-state index is 0.0427. The molecule has 8 heteroatoms. The molecule has 0 aliphatic carbocycles. The molecule has 2 aromatic rings. The Hall–Kier alpha value is -1.77. The Morgan fingerprint density at radius 3 is 2.69 bits per heavy atom. The van der Waals surface area contributed by atoms with Crippen LogP contribution in [0.1, 0.15) is 38.9 Å². The lowest BCUT2D eigenvalue weighted by atomic mass is 10.1. The second-order valence-corrected chi connectivity index (χ2v) is 8.79. The fourth-order valence-electron chi connectivity index (χ4n) is 3.16. The van der Waals surface area contributed by atoms with Gasteiger partial charge in [0.1, 0.15) is 0 Å². The summed E-state index contributed by atoms with van der Waals surface area (Å²) in [5.41, 5.74) is 0.714. The molecule has 2 atom stereocenters. The van der Waals surface area contributed by atoms with Gasteiger partial charge in [-0.25, -0.2) is 8.42 Å². The van der Waals surface area contributed by atoms with E-state index in [9.17, 15) is 8.42 Å². The van der Waals surface area contributed by atoms with Crippen molar-refractivity contribution in [1.82, 2.24) is 19.8 Å². The van der Waals surface area contributed by atoms with Gasteiger partial charge in [0.05, 0.1) is 4.90 Å². The molecular formula is C18H26N4O3S. The number of hydrogen-bond donors (Lipinski definition) is 1. The smallest absolute Gasteiger partial charge is 0.257 e. The maximum Gasteiger partial charge on any atom is 0.257 e. The van der Waals surface area contributed by atoms with Crippen molar-refractivity contribution in [2.24, 2.45) is 0 Å². The number of sulfonamides is 1. The standard InChI is InChI=1S/C18H26N4O3S/c1-13(19-3)12-17-20-18(25-21-17)15-7-9-16(10-8-15)26(23,24)22-11-5-4-6-14(22)2/h7-10,13-14,19H,4-6,11-12H2,1-3H3. The largest absolute Gasteiger partial charge is 0.334 e. The third-order valence-electron chi connectivity index (χ3n) is 4.90.